The van der Waals surface area contributed by atoms with Crippen LogP contribution in [0.1, 0.15) is 39.2 Å². The van der Waals surface area contributed by atoms with E-state index >= 15 is 0 Å². The average molecular weight is 620 g/mol. The number of rotatable bonds is 13. The van der Waals surface area contributed by atoms with Crippen molar-refractivity contribution in [1.29, 1.82) is 0 Å². The molecule has 2 amide bonds. The van der Waals surface area contributed by atoms with E-state index in [9.17, 15) is 28.8 Å². The van der Waals surface area contributed by atoms with Crippen LogP contribution in [0.3, 0.4) is 0 Å². The van der Waals surface area contributed by atoms with Gasteiger partial charge < -0.3 is 44.0 Å². The Hall–Kier alpha value is -4.50. The van der Waals surface area contributed by atoms with Crippen molar-refractivity contribution < 1.29 is 57.2 Å². The second kappa shape index (κ2) is 15.8. The fourth-order valence-electron chi connectivity index (χ4n) is 4.87. The molecule has 3 rings (SSSR count). The molecule has 0 unspecified atom stereocenters. The number of hydrogen-bond donors (Lipinski definition) is 3. The maximum atomic E-state index is 13.0. The van der Waals surface area contributed by atoms with E-state index in [0.29, 0.717) is 0 Å². The first-order valence-corrected chi connectivity index (χ1v) is 13.8. The van der Waals surface area contributed by atoms with E-state index in [4.69, 9.17) is 28.4 Å². The van der Waals surface area contributed by atoms with Crippen LogP contribution >= 0.6 is 0 Å². The van der Waals surface area contributed by atoms with Crippen molar-refractivity contribution in [2.75, 3.05) is 20.8 Å². The van der Waals surface area contributed by atoms with Gasteiger partial charge in [-0.05, 0) is 11.6 Å². The lowest BCUT2D eigenvalue weighted by atomic mass is 9.96. The molecule has 0 saturated carbocycles. The van der Waals surface area contributed by atoms with Gasteiger partial charge in [0.1, 0.15) is 24.8 Å². The van der Waals surface area contributed by atoms with Crippen LogP contribution in [-0.2, 0) is 63.6 Å². The van der Waals surface area contributed by atoms with Crippen molar-refractivity contribution in [1.82, 2.24) is 15.6 Å². The normalized spacial score (nSPS) is 21.9. The van der Waals surface area contributed by atoms with E-state index in [2.05, 4.69) is 15.6 Å². The fourth-order valence-corrected chi connectivity index (χ4v) is 4.87. The summed E-state index contributed by atoms with van der Waals surface area (Å²) in [5, 5.41) is 6.13. The van der Waals surface area contributed by atoms with Gasteiger partial charge >= 0.3 is 23.9 Å². The molecular formula is C29H37N3O12. The van der Waals surface area contributed by atoms with Crippen molar-refractivity contribution in [3.63, 3.8) is 0 Å². The summed E-state index contributed by atoms with van der Waals surface area (Å²) >= 11 is 0. The van der Waals surface area contributed by atoms with E-state index in [0.717, 1.165) is 30.3 Å². The summed E-state index contributed by atoms with van der Waals surface area (Å²) in [5.74, 6) is -4.02. The number of esters is 4. The van der Waals surface area contributed by atoms with Gasteiger partial charge in [-0.1, -0.05) is 18.2 Å². The van der Waals surface area contributed by atoms with Gasteiger partial charge in [0, 0.05) is 64.2 Å². The zero-order valence-corrected chi connectivity index (χ0v) is 25.1. The molecule has 15 heteroatoms. The first kappa shape index (κ1) is 34.0. The minimum Gasteiger partial charge on any atom is -0.467 e. The molecule has 1 aliphatic rings. The van der Waals surface area contributed by atoms with Crippen molar-refractivity contribution >= 4 is 46.6 Å². The Kier molecular flexibility index (Phi) is 12.2. The molecule has 240 valence electrons. The number of nitrogens with one attached hydrogen (secondary N) is 3. The van der Waals surface area contributed by atoms with Crippen LogP contribution < -0.4 is 10.6 Å². The van der Waals surface area contributed by atoms with Gasteiger partial charge in [-0.2, -0.15) is 0 Å². The maximum absolute atomic E-state index is 13.0. The molecule has 0 spiro atoms. The molecule has 0 bridgehead atoms. The van der Waals surface area contributed by atoms with Gasteiger partial charge in [0.25, 0.3) is 0 Å². The highest BCUT2D eigenvalue weighted by Gasteiger charge is 2.51. The molecule has 1 fully saturated rings. The Balaban J connectivity index is 1.68. The molecule has 6 atom stereocenters. The molecular weight excluding hydrogens is 582 g/mol. The summed E-state index contributed by atoms with van der Waals surface area (Å²) in [6.45, 7) is 3.07. The molecule has 0 aliphatic carbocycles. The van der Waals surface area contributed by atoms with Crippen LogP contribution in [0.25, 0.3) is 10.9 Å². The molecule has 2 heterocycles. The smallest absolute Gasteiger partial charge is 0.328 e. The number of ether oxygens (including phenoxy) is 6. The predicted octanol–water partition coefficient (Wildman–Crippen LogP) is 0.431. The van der Waals surface area contributed by atoms with Gasteiger partial charge in [-0.25, -0.2) is 4.79 Å². The average Bonchev–Trinajstić information content (AvgIpc) is 3.38. The monoisotopic (exact) mass is 619 g/mol. The Morgan fingerprint density at radius 1 is 0.909 bits per heavy atom. The van der Waals surface area contributed by atoms with E-state index in [1.54, 1.807) is 6.20 Å². The van der Waals surface area contributed by atoms with Crippen LogP contribution in [0.4, 0.5) is 0 Å². The number of amides is 2. The summed E-state index contributed by atoms with van der Waals surface area (Å²) in [6.07, 6.45) is -3.62. The van der Waals surface area contributed by atoms with Gasteiger partial charge in [0.05, 0.1) is 7.11 Å². The zero-order valence-electron chi connectivity index (χ0n) is 25.1. The Bertz CT molecular complexity index is 1360. The van der Waals surface area contributed by atoms with Gasteiger partial charge in [0.15, 0.2) is 18.5 Å². The van der Waals surface area contributed by atoms with Crippen molar-refractivity contribution in [2.24, 2.45) is 0 Å². The van der Waals surface area contributed by atoms with Crippen molar-refractivity contribution in [2.45, 2.75) is 76.7 Å². The highest BCUT2D eigenvalue weighted by Crippen LogP contribution is 2.28. The lowest BCUT2D eigenvalue weighted by Crippen LogP contribution is -2.66. The third kappa shape index (κ3) is 9.25. The van der Waals surface area contributed by atoms with E-state index in [-0.39, 0.29) is 25.9 Å². The quantitative estimate of drug-likeness (QED) is 0.207. The fraction of sp³-hybridized carbons (Fsp3) is 0.517. The van der Waals surface area contributed by atoms with Crippen molar-refractivity contribution in [3.8, 4) is 0 Å². The Morgan fingerprint density at radius 3 is 2.20 bits per heavy atom. The lowest BCUT2D eigenvalue weighted by molar-refractivity contribution is -0.271. The van der Waals surface area contributed by atoms with Crippen molar-refractivity contribution in [3.05, 3.63) is 36.0 Å². The summed E-state index contributed by atoms with van der Waals surface area (Å²) in [5.41, 5.74) is 1.67. The molecule has 1 saturated heterocycles. The first-order chi connectivity index (χ1) is 20.9. The third-order valence-corrected chi connectivity index (χ3v) is 6.76. The maximum Gasteiger partial charge on any atom is 0.328 e. The molecule has 3 N–H and O–H groups in total. The van der Waals surface area contributed by atoms with Crippen LogP contribution in [0, 0.1) is 0 Å². The molecule has 1 aliphatic heterocycles. The van der Waals surface area contributed by atoms with E-state index in [1.165, 1.54) is 21.1 Å². The number of fused-ring (bicyclic) bond motifs is 1. The van der Waals surface area contributed by atoms with Gasteiger partial charge in [-0.15, -0.1) is 0 Å². The molecule has 2 aromatic rings. The zero-order chi connectivity index (χ0) is 32.4. The molecule has 0 radical (unpaired) electrons. The van der Waals surface area contributed by atoms with Gasteiger partial charge in [0.2, 0.25) is 11.8 Å². The topological polar surface area (TPSA) is 198 Å². The lowest BCUT2D eigenvalue weighted by Gasteiger charge is -2.44. The van der Waals surface area contributed by atoms with E-state index in [1.807, 2.05) is 24.3 Å². The number of benzene rings is 1. The largest absolute Gasteiger partial charge is 0.467 e. The van der Waals surface area contributed by atoms with E-state index < -0.39 is 72.4 Å². The summed E-state index contributed by atoms with van der Waals surface area (Å²) in [4.78, 5) is 76.7. The second-order valence-corrected chi connectivity index (χ2v) is 10.0. The number of aromatic nitrogens is 1. The standard InChI is InChI=1S/C29H37N3O12/c1-15(33)41-14-22-26(42-16(2)34)27(43-17(3)35)25(29(40-5)44-22)32-24(37)11-10-23(36)31-21(28(38)39-4)12-18-13-30-20-9-7-6-8-19(18)20/h6-9,13,21-22,25-27,29-30H,10-12,14H2,1-5H3,(H,31,36)(H,32,37)/t21-,22+,25+,26+,27+,29+/m0/s1. The Labute approximate surface area is 253 Å². The van der Waals surface area contributed by atoms with Gasteiger partial charge in [-0.3, -0.25) is 24.0 Å². The molecule has 44 heavy (non-hydrogen) atoms. The van der Waals surface area contributed by atoms with Crippen LogP contribution in [0.5, 0.6) is 0 Å². The highest BCUT2D eigenvalue weighted by molar-refractivity contribution is 5.89. The summed E-state index contributed by atoms with van der Waals surface area (Å²) in [6, 6.07) is 5.31. The number of methoxy groups -OCH3 is 2. The second-order valence-electron chi connectivity index (χ2n) is 10.0. The van der Waals surface area contributed by atoms with Crippen LogP contribution in [0.15, 0.2) is 30.5 Å². The number of carbonyl (C=O) groups excluding carboxylic acids is 6. The third-order valence-electron chi connectivity index (χ3n) is 6.76. The first-order valence-electron chi connectivity index (χ1n) is 13.8. The van der Waals surface area contributed by atoms with Crippen LogP contribution in [0.2, 0.25) is 0 Å². The number of carbonyl (C=O) groups is 6. The van der Waals surface area contributed by atoms with Crippen LogP contribution in [-0.4, -0.2) is 98.2 Å². The Morgan fingerprint density at radius 2 is 1.57 bits per heavy atom. The molecule has 15 nitrogen and oxygen atoms in total. The minimum absolute atomic E-state index is 0.152. The number of H-pyrrole nitrogens is 1. The molecule has 1 aromatic heterocycles. The number of aromatic amines is 1. The SMILES string of the molecule is COC(=O)[C@H](Cc1c[nH]c2ccccc12)NC(=O)CCC(=O)N[C@H]1[C@H](OC)O[C@H](COC(C)=O)[C@@H](OC(C)=O)[C@@H]1OC(C)=O. The predicted molar refractivity (Wildman–Crippen MR) is 151 cm³/mol. The summed E-state index contributed by atoms with van der Waals surface area (Å²) < 4.78 is 31.8. The highest BCUT2D eigenvalue weighted by atomic mass is 16.7. The number of para-hydroxylation sites is 1. The molecule has 1 aromatic carbocycles. The minimum atomic E-state index is -1.30. The number of hydrogen-bond acceptors (Lipinski definition) is 12. The summed E-state index contributed by atoms with van der Waals surface area (Å²) in [7, 11) is 2.49.